The first-order chi connectivity index (χ1) is 9.78. The molecule has 0 radical (unpaired) electrons. The predicted octanol–water partition coefficient (Wildman–Crippen LogP) is 1.87. The van der Waals surface area contributed by atoms with Gasteiger partial charge in [0.1, 0.15) is 0 Å². The zero-order chi connectivity index (χ0) is 13.9. The van der Waals surface area contributed by atoms with Gasteiger partial charge in [-0.2, -0.15) is 0 Å². The van der Waals surface area contributed by atoms with Crippen molar-refractivity contribution in [2.24, 2.45) is 0 Å². The Morgan fingerprint density at radius 1 is 1.45 bits per heavy atom. The summed E-state index contributed by atoms with van der Waals surface area (Å²) in [4.78, 5) is 14.6. The van der Waals surface area contributed by atoms with Crippen LogP contribution in [-0.4, -0.2) is 43.0 Å². The number of benzene rings is 1. The summed E-state index contributed by atoms with van der Waals surface area (Å²) in [5.74, 6) is 0.0477. The van der Waals surface area contributed by atoms with Gasteiger partial charge in [-0.15, -0.1) is 0 Å². The summed E-state index contributed by atoms with van der Waals surface area (Å²) in [6, 6.07) is 6.71. The van der Waals surface area contributed by atoms with Gasteiger partial charge in [0.25, 0.3) is 5.91 Å². The van der Waals surface area contributed by atoms with Crippen molar-refractivity contribution in [3.05, 3.63) is 29.3 Å². The van der Waals surface area contributed by atoms with E-state index in [1.165, 1.54) is 24.1 Å². The summed E-state index contributed by atoms with van der Waals surface area (Å²) < 4.78 is 0. The maximum absolute atomic E-state index is 12.1. The number of rotatable bonds is 6. The maximum Gasteiger partial charge on any atom is 0.251 e. The molecular weight excluding hydrogens is 250 g/mol. The van der Waals surface area contributed by atoms with Gasteiger partial charge >= 0.3 is 0 Å². The molecule has 1 heterocycles. The molecule has 1 fully saturated rings. The smallest absolute Gasteiger partial charge is 0.251 e. The Labute approximate surface area is 120 Å². The van der Waals surface area contributed by atoms with E-state index < -0.39 is 0 Å². The normalized spacial score (nSPS) is 16.9. The minimum absolute atomic E-state index is 0.0477. The molecule has 4 heteroatoms. The van der Waals surface area contributed by atoms with Crippen molar-refractivity contribution in [2.45, 2.75) is 32.2 Å². The van der Waals surface area contributed by atoms with Crippen molar-refractivity contribution in [1.82, 2.24) is 10.2 Å². The van der Waals surface area contributed by atoms with Crippen LogP contribution in [0.2, 0.25) is 0 Å². The van der Waals surface area contributed by atoms with Gasteiger partial charge in [-0.1, -0.05) is 6.92 Å². The predicted molar refractivity (Wildman–Crippen MR) is 81.2 cm³/mol. The van der Waals surface area contributed by atoms with Crippen LogP contribution in [0.5, 0.6) is 0 Å². The molecule has 3 rings (SSSR count). The summed E-state index contributed by atoms with van der Waals surface area (Å²) >= 11 is 0. The van der Waals surface area contributed by atoms with Crippen LogP contribution < -0.4 is 10.6 Å². The highest BCUT2D eigenvalue weighted by atomic mass is 16.1. The average Bonchev–Trinajstić information content (AvgIpc) is 3.19. The molecule has 1 amide bonds. The van der Waals surface area contributed by atoms with E-state index in [4.69, 9.17) is 0 Å². The van der Waals surface area contributed by atoms with E-state index in [0.717, 1.165) is 44.2 Å². The Bertz CT molecular complexity index is 496. The summed E-state index contributed by atoms with van der Waals surface area (Å²) in [5, 5.41) is 6.35. The Morgan fingerprint density at radius 2 is 2.30 bits per heavy atom. The lowest BCUT2D eigenvalue weighted by molar-refractivity contribution is 0.0948. The molecule has 1 aromatic rings. The van der Waals surface area contributed by atoms with Gasteiger partial charge in [0.05, 0.1) is 0 Å². The third-order valence-electron chi connectivity index (χ3n) is 4.23. The largest absolute Gasteiger partial charge is 0.384 e. The Morgan fingerprint density at radius 3 is 3.05 bits per heavy atom. The summed E-state index contributed by atoms with van der Waals surface area (Å²) in [6.07, 6.45) is 3.65. The van der Waals surface area contributed by atoms with Gasteiger partial charge in [0.2, 0.25) is 0 Å². The van der Waals surface area contributed by atoms with Crippen LogP contribution in [0.3, 0.4) is 0 Å². The molecule has 0 aromatic heterocycles. The number of nitrogens with one attached hydrogen (secondary N) is 2. The molecule has 0 bridgehead atoms. The molecule has 0 spiro atoms. The first-order valence-electron chi connectivity index (χ1n) is 7.67. The molecule has 2 N–H and O–H groups in total. The molecule has 4 nitrogen and oxygen atoms in total. The van der Waals surface area contributed by atoms with Crippen LogP contribution in [0, 0.1) is 0 Å². The Balaban J connectivity index is 1.51. The van der Waals surface area contributed by atoms with E-state index in [2.05, 4.69) is 22.5 Å². The second-order valence-corrected chi connectivity index (χ2v) is 5.66. The number of nitrogens with zero attached hydrogens (tertiary/aromatic N) is 1. The molecule has 1 aliphatic heterocycles. The van der Waals surface area contributed by atoms with Crippen molar-refractivity contribution < 1.29 is 4.79 Å². The van der Waals surface area contributed by atoms with Crippen LogP contribution in [0.1, 0.15) is 35.7 Å². The quantitative estimate of drug-likeness (QED) is 0.831. The van der Waals surface area contributed by atoms with Crippen LogP contribution >= 0.6 is 0 Å². The fraction of sp³-hybridized carbons (Fsp3) is 0.562. The molecule has 20 heavy (non-hydrogen) atoms. The van der Waals surface area contributed by atoms with Crippen LogP contribution in [0.25, 0.3) is 0 Å². The van der Waals surface area contributed by atoms with Gasteiger partial charge in [-0.3, -0.25) is 9.69 Å². The number of carbonyl (C=O) groups excluding carboxylic acids is 1. The number of fused-ring (bicyclic) bond motifs is 1. The molecule has 2 aliphatic rings. The topological polar surface area (TPSA) is 44.4 Å². The Kier molecular flexibility index (Phi) is 3.92. The van der Waals surface area contributed by atoms with E-state index >= 15 is 0 Å². The molecular formula is C16H23N3O. The molecule has 0 unspecified atom stereocenters. The van der Waals surface area contributed by atoms with Gasteiger partial charge < -0.3 is 10.6 Å². The molecule has 0 atom stereocenters. The second-order valence-electron chi connectivity index (χ2n) is 5.66. The third kappa shape index (κ3) is 2.96. The zero-order valence-corrected chi connectivity index (χ0v) is 12.1. The van der Waals surface area contributed by atoms with Gasteiger partial charge in [-0.05, 0) is 49.6 Å². The van der Waals surface area contributed by atoms with Gasteiger partial charge in [-0.25, -0.2) is 0 Å². The van der Waals surface area contributed by atoms with E-state index in [1.807, 2.05) is 18.2 Å². The first-order valence-corrected chi connectivity index (χ1v) is 7.67. The average molecular weight is 273 g/mol. The van der Waals surface area contributed by atoms with Crippen LogP contribution in [0.4, 0.5) is 5.69 Å². The summed E-state index contributed by atoms with van der Waals surface area (Å²) in [6.45, 7) is 5.93. The number of amides is 1. The standard InChI is InChI=1S/C16H23N3O/c1-2-19(14-4-5-14)10-9-18-16(20)13-3-6-15-12(11-13)7-8-17-15/h3,6,11,14,17H,2,4-5,7-10H2,1H3,(H,18,20). The molecule has 1 aliphatic carbocycles. The summed E-state index contributed by atoms with van der Waals surface area (Å²) in [7, 11) is 0. The lowest BCUT2D eigenvalue weighted by Gasteiger charge is -2.19. The summed E-state index contributed by atoms with van der Waals surface area (Å²) in [5.41, 5.74) is 3.21. The minimum Gasteiger partial charge on any atom is -0.384 e. The van der Waals surface area contributed by atoms with Crippen LogP contribution in [0.15, 0.2) is 18.2 Å². The number of carbonyl (C=O) groups is 1. The molecule has 1 saturated carbocycles. The first kappa shape index (κ1) is 13.4. The fourth-order valence-corrected chi connectivity index (χ4v) is 2.90. The number of likely N-dealkylation sites (N-methyl/N-ethyl adjacent to an activating group) is 1. The van der Waals surface area contributed by atoms with Crippen molar-refractivity contribution >= 4 is 11.6 Å². The van der Waals surface area contributed by atoms with Crippen molar-refractivity contribution in [1.29, 1.82) is 0 Å². The highest BCUT2D eigenvalue weighted by Gasteiger charge is 2.27. The van der Waals surface area contributed by atoms with Crippen LogP contribution in [-0.2, 0) is 6.42 Å². The van der Waals surface area contributed by atoms with Crippen molar-refractivity contribution in [3.63, 3.8) is 0 Å². The Hall–Kier alpha value is -1.55. The molecule has 0 saturated heterocycles. The minimum atomic E-state index is 0.0477. The lowest BCUT2D eigenvalue weighted by atomic mass is 10.1. The number of hydrogen-bond donors (Lipinski definition) is 2. The van der Waals surface area contributed by atoms with E-state index in [9.17, 15) is 4.79 Å². The van der Waals surface area contributed by atoms with E-state index in [0.29, 0.717) is 0 Å². The zero-order valence-electron chi connectivity index (χ0n) is 12.1. The van der Waals surface area contributed by atoms with E-state index in [1.54, 1.807) is 0 Å². The van der Waals surface area contributed by atoms with Crippen molar-refractivity contribution in [3.8, 4) is 0 Å². The second kappa shape index (κ2) is 5.83. The fourth-order valence-electron chi connectivity index (χ4n) is 2.90. The number of anilines is 1. The SMILES string of the molecule is CCN(CCNC(=O)c1ccc2c(c1)CCN2)C1CC1. The third-order valence-corrected chi connectivity index (χ3v) is 4.23. The van der Waals surface area contributed by atoms with Crippen molar-refractivity contribution in [2.75, 3.05) is 31.5 Å². The number of hydrogen-bond acceptors (Lipinski definition) is 3. The molecule has 108 valence electrons. The molecule has 1 aromatic carbocycles. The van der Waals surface area contributed by atoms with E-state index in [-0.39, 0.29) is 5.91 Å². The highest BCUT2D eigenvalue weighted by molar-refractivity contribution is 5.95. The maximum atomic E-state index is 12.1. The van der Waals surface area contributed by atoms with Gasteiger partial charge in [0.15, 0.2) is 0 Å². The lowest BCUT2D eigenvalue weighted by Crippen LogP contribution is -2.36. The highest BCUT2D eigenvalue weighted by Crippen LogP contribution is 2.26. The van der Waals surface area contributed by atoms with Gasteiger partial charge in [0, 0.05) is 36.9 Å². The monoisotopic (exact) mass is 273 g/mol.